The van der Waals surface area contributed by atoms with E-state index in [1.165, 1.54) is 4.90 Å². The van der Waals surface area contributed by atoms with E-state index in [1.54, 1.807) is 0 Å². The lowest BCUT2D eigenvalue weighted by atomic mass is 10.1. The molecule has 0 atom stereocenters. The average Bonchev–Trinajstić information content (AvgIpc) is 3.06. The molecule has 0 saturated carbocycles. The summed E-state index contributed by atoms with van der Waals surface area (Å²) in [6.07, 6.45) is 0. The highest BCUT2D eigenvalue weighted by Crippen LogP contribution is 2.16. The van der Waals surface area contributed by atoms with Crippen LogP contribution in [0.4, 0.5) is 8.78 Å². The van der Waals surface area contributed by atoms with Crippen LogP contribution >= 0.6 is 0 Å². The molecule has 1 amide bonds. The summed E-state index contributed by atoms with van der Waals surface area (Å²) in [7, 11) is 0. The molecule has 1 aromatic carbocycles. The van der Waals surface area contributed by atoms with E-state index in [0.29, 0.717) is 44.4 Å². The second kappa shape index (κ2) is 7.26. The van der Waals surface area contributed by atoms with Crippen molar-refractivity contribution in [3.63, 3.8) is 0 Å². The fourth-order valence-electron chi connectivity index (χ4n) is 2.70. The molecule has 0 N–H and O–H groups in total. The summed E-state index contributed by atoms with van der Waals surface area (Å²) in [5, 5.41) is 3.93. The van der Waals surface area contributed by atoms with Crippen molar-refractivity contribution in [1.29, 1.82) is 0 Å². The van der Waals surface area contributed by atoms with Crippen molar-refractivity contribution in [3.8, 4) is 0 Å². The molecule has 3 rings (SSSR count). The Labute approximate surface area is 144 Å². The standard InChI is InChI=1S/C17H20F2N4O2/c1-11(2)16-20-15(25-21-16)10-22-5-7-23(8-6-22)17(24)13-9-12(18)3-4-14(13)19/h3-4,9,11H,5-8,10H2,1-2H3. The summed E-state index contributed by atoms with van der Waals surface area (Å²) in [6, 6.07) is 2.91. The van der Waals surface area contributed by atoms with Gasteiger partial charge in [0.2, 0.25) is 5.89 Å². The molecule has 0 unspecified atom stereocenters. The molecule has 6 nitrogen and oxygen atoms in total. The maximum atomic E-state index is 13.8. The molecule has 134 valence electrons. The first-order valence-electron chi connectivity index (χ1n) is 8.23. The molecule has 2 aromatic rings. The van der Waals surface area contributed by atoms with Gasteiger partial charge in [-0.15, -0.1) is 0 Å². The Hall–Kier alpha value is -2.35. The smallest absolute Gasteiger partial charge is 0.257 e. The van der Waals surface area contributed by atoms with Crippen LogP contribution in [-0.4, -0.2) is 52.0 Å². The summed E-state index contributed by atoms with van der Waals surface area (Å²) >= 11 is 0. The predicted molar refractivity (Wildman–Crippen MR) is 85.9 cm³/mol. The van der Waals surface area contributed by atoms with Gasteiger partial charge in [-0.3, -0.25) is 9.69 Å². The Morgan fingerprint density at radius 3 is 2.60 bits per heavy atom. The molecule has 1 aliphatic heterocycles. The fraction of sp³-hybridized carbons (Fsp3) is 0.471. The molecule has 0 spiro atoms. The Kier molecular flexibility index (Phi) is 5.08. The average molecular weight is 350 g/mol. The molecule has 0 bridgehead atoms. The number of benzene rings is 1. The van der Waals surface area contributed by atoms with Gasteiger partial charge in [0.25, 0.3) is 5.91 Å². The van der Waals surface area contributed by atoms with Crippen LogP contribution in [0.3, 0.4) is 0 Å². The lowest BCUT2D eigenvalue weighted by Crippen LogP contribution is -2.48. The van der Waals surface area contributed by atoms with Crippen molar-refractivity contribution in [2.45, 2.75) is 26.3 Å². The number of nitrogens with zero attached hydrogens (tertiary/aromatic N) is 4. The van der Waals surface area contributed by atoms with Gasteiger partial charge in [-0.1, -0.05) is 19.0 Å². The fourth-order valence-corrected chi connectivity index (χ4v) is 2.70. The topological polar surface area (TPSA) is 62.5 Å². The first-order chi connectivity index (χ1) is 11.9. The molecule has 1 fully saturated rings. The third-order valence-corrected chi connectivity index (χ3v) is 4.18. The first kappa shape index (κ1) is 17.5. The number of hydrogen-bond acceptors (Lipinski definition) is 5. The Bertz CT molecular complexity index is 755. The van der Waals surface area contributed by atoms with Crippen molar-refractivity contribution in [3.05, 3.63) is 47.1 Å². The molecular weight excluding hydrogens is 330 g/mol. The van der Waals surface area contributed by atoms with Crippen molar-refractivity contribution in [2.24, 2.45) is 0 Å². The molecule has 1 aromatic heterocycles. The minimum absolute atomic E-state index is 0.202. The molecule has 1 saturated heterocycles. The number of aromatic nitrogens is 2. The van der Waals surface area contributed by atoms with Crippen LogP contribution in [0.25, 0.3) is 0 Å². The maximum absolute atomic E-state index is 13.8. The number of carbonyl (C=O) groups is 1. The van der Waals surface area contributed by atoms with Gasteiger partial charge in [-0.25, -0.2) is 8.78 Å². The third kappa shape index (κ3) is 4.01. The van der Waals surface area contributed by atoms with Crippen LogP contribution in [0.1, 0.15) is 41.8 Å². The highest BCUT2D eigenvalue weighted by atomic mass is 19.1. The molecule has 2 heterocycles. The predicted octanol–water partition coefficient (Wildman–Crippen LogP) is 2.43. The highest BCUT2D eigenvalue weighted by molar-refractivity contribution is 5.94. The number of carbonyl (C=O) groups excluding carboxylic acids is 1. The maximum Gasteiger partial charge on any atom is 0.257 e. The van der Waals surface area contributed by atoms with E-state index in [1.807, 2.05) is 13.8 Å². The largest absolute Gasteiger partial charge is 0.338 e. The molecule has 25 heavy (non-hydrogen) atoms. The van der Waals surface area contributed by atoms with Gasteiger partial charge in [0.05, 0.1) is 12.1 Å². The van der Waals surface area contributed by atoms with Crippen molar-refractivity contribution < 1.29 is 18.1 Å². The Balaban J connectivity index is 1.57. The van der Waals surface area contributed by atoms with Gasteiger partial charge in [0, 0.05) is 32.1 Å². The quantitative estimate of drug-likeness (QED) is 0.847. The Morgan fingerprint density at radius 2 is 1.96 bits per heavy atom. The molecule has 1 aliphatic rings. The zero-order chi connectivity index (χ0) is 18.0. The second-order valence-electron chi connectivity index (χ2n) is 6.39. The van der Waals surface area contributed by atoms with Crippen LogP contribution in [0.15, 0.2) is 22.7 Å². The van der Waals surface area contributed by atoms with E-state index in [9.17, 15) is 13.6 Å². The van der Waals surface area contributed by atoms with E-state index in [2.05, 4.69) is 15.0 Å². The lowest BCUT2D eigenvalue weighted by Gasteiger charge is -2.34. The summed E-state index contributed by atoms with van der Waals surface area (Å²) < 4.78 is 32.2. The third-order valence-electron chi connectivity index (χ3n) is 4.18. The minimum atomic E-state index is -0.707. The van der Waals surface area contributed by atoms with Crippen LogP contribution in [0.5, 0.6) is 0 Å². The first-order valence-corrected chi connectivity index (χ1v) is 8.23. The Morgan fingerprint density at radius 1 is 1.24 bits per heavy atom. The summed E-state index contributed by atoms with van der Waals surface area (Å²) in [4.78, 5) is 20.3. The number of halogens is 2. The van der Waals surface area contributed by atoms with Gasteiger partial charge >= 0.3 is 0 Å². The van der Waals surface area contributed by atoms with E-state index >= 15 is 0 Å². The summed E-state index contributed by atoms with van der Waals surface area (Å²) in [5.74, 6) is -0.406. The van der Waals surface area contributed by atoms with Gasteiger partial charge < -0.3 is 9.42 Å². The monoisotopic (exact) mass is 350 g/mol. The van der Waals surface area contributed by atoms with E-state index in [4.69, 9.17) is 4.52 Å². The van der Waals surface area contributed by atoms with Crippen molar-refractivity contribution >= 4 is 5.91 Å². The number of piperazine rings is 1. The van der Waals surface area contributed by atoms with E-state index in [-0.39, 0.29) is 11.5 Å². The van der Waals surface area contributed by atoms with E-state index < -0.39 is 17.5 Å². The zero-order valence-corrected chi connectivity index (χ0v) is 14.2. The van der Waals surface area contributed by atoms with Crippen LogP contribution < -0.4 is 0 Å². The SMILES string of the molecule is CC(C)c1noc(CN2CCN(C(=O)c3cc(F)ccc3F)CC2)n1. The van der Waals surface area contributed by atoms with Gasteiger partial charge in [-0.05, 0) is 18.2 Å². The molecule has 0 radical (unpaired) electrons. The highest BCUT2D eigenvalue weighted by Gasteiger charge is 2.25. The van der Waals surface area contributed by atoms with Crippen molar-refractivity contribution in [1.82, 2.24) is 19.9 Å². The summed E-state index contributed by atoms with van der Waals surface area (Å²) in [6.45, 7) is 6.55. The number of amides is 1. The van der Waals surface area contributed by atoms with Crippen molar-refractivity contribution in [2.75, 3.05) is 26.2 Å². The normalized spacial score (nSPS) is 15.8. The van der Waals surface area contributed by atoms with Crippen LogP contribution in [0.2, 0.25) is 0 Å². The number of rotatable bonds is 4. The summed E-state index contributed by atoms with van der Waals surface area (Å²) in [5.41, 5.74) is -0.230. The van der Waals surface area contributed by atoms with Gasteiger partial charge in [0.15, 0.2) is 5.82 Å². The van der Waals surface area contributed by atoms with Gasteiger partial charge in [0.1, 0.15) is 11.6 Å². The molecular formula is C17H20F2N4O2. The van der Waals surface area contributed by atoms with Crippen LogP contribution in [0, 0.1) is 11.6 Å². The zero-order valence-electron chi connectivity index (χ0n) is 14.2. The lowest BCUT2D eigenvalue weighted by molar-refractivity contribution is 0.0610. The molecule has 0 aliphatic carbocycles. The molecule has 8 heteroatoms. The van der Waals surface area contributed by atoms with Gasteiger partial charge in [-0.2, -0.15) is 4.98 Å². The van der Waals surface area contributed by atoms with Crippen LogP contribution in [-0.2, 0) is 6.54 Å². The van der Waals surface area contributed by atoms with E-state index in [0.717, 1.165) is 18.2 Å². The number of hydrogen-bond donors (Lipinski definition) is 0. The second-order valence-corrected chi connectivity index (χ2v) is 6.39. The minimum Gasteiger partial charge on any atom is -0.338 e.